The third-order valence-corrected chi connectivity index (χ3v) is 2.89. The molecule has 3 nitrogen and oxygen atoms in total. The van der Waals surface area contributed by atoms with Crippen molar-refractivity contribution in [3.05, 3.63) is 24.0 Å². The third kappa shape index (κ3) is 1.74. The molecular formula is C11H13BrN2O. The number of aryl methyl sites for hydroxylation is 1. The molecule has 2 aromatic rings. The van der Waals surface area contributed by atoms with Crippen LogP contribution in [0.15, 0.2) is 18.2 Å². The van der Waals surface area contributed by atoms with Crippen molar-refractivity contribution in [1.82, 2.24) is 9.55 Å². The van der Waals surface area contributed by atoms with Crippen molar-refractivity contribution in [2.24, 2.45) is 7.05 Å². The molecule has 0 radical (unpaired) electrons. The standard InChI is InChI=1S/C11H13BrN2O/c1-7(12)11-13-9-6-8(15-3)4-5-10(9)14(11)2/h4-7H,1-3H3. The summed E-state index contributed by atoms with van der Waals surface area (Å²) in [4.78, 5) is 4.81. The molecule has 80 valence electrons. The number of rotatable bonds is 2. The van der Waals surface area contributed by atoms with E-state index in [-0.39, 0.29) is 4.83 Å². The van der Waals surface area contributed by atoms with E-state index in [4.69, 9.17) is 4.74 Å². The van der Waals surface area contributed by atoms with Gasteiger partial charge < -0.3 is 9.30 Å². The van der Waals surface area contributed by atoms with Crippen LogP contribution in [0.3, 0.4) is 0 Å². The molecule has 0 saturated carbocycles. The Morgan fingerprint density at radius 2 is 2.20 bits per heavy atom. The van der Waals surface area contributed by atoms with Crippen LogP contribution < -0.4 is 4.74 Å². The van der Waals surface area contributed by atoms with E-state index in [0.29, 0.717) is 0 Å². The second-order valence-electron chi connectivity index (χ2n) is 3.50. The highest BCUT2D eigenvalue weighted by Gasteiger charge is 2.11. The first-order valence-corrected chi connectivity index (χ1v) is 5.69. The molecule has 0 saturated heterocycles. The minimum absolute atomic E-state index is 0.251. The zero-order chi connectivity index (χ0) is 11.0. The topological polar surface area (TPSA) is 27.1 Å². The molecule has 2 rings (SSSR count). The van der Waals surface area contributed by atoms with Crippen LogP contribution in [0.5, 0.6) is 5.75 Å². The van der Waals surface area contributed by atoms with Crippen LogP contribution in [0.4, 0.5) is 0 Å². The quantitative estimate of drug-likeness (QED) is 0.783. The Morgan fingerprint density at radius 1 is 1.47 bits per heavy atom. The summed E-state index contributed by atoms with van der Waals surface area (Å²) in [6.45, 7) is 2.07. The Kier molecular flexibility index (Phi) is 2.69. The van der Waals surface area contributed by atoms with Gasteiger partial charge in [-0.25, -0.2) is 4.98 Å². The lowest BCUT2D eigenvalue weighted by atomic mass is 10.3. The summed E-state index contributed by atoms with van der Waals surface area (Å²) in [7, 11) is 3.69. The van der Waals surface area contributed by atoms with Crippen molar-refractivity contribution >= 4 is 27.0 Å². The number of hydrogen-bond donors (Lipinski definition) is 0. The van der Waals surface area contributed by atoms with Gasteiger partial charge in [0.1, 0.15) is 11.6 Å². The second kappa shape index (κ2) is 3.85. The summed E-state index contributed by atoms with van der Waals surface area (Å²) in [6, 6.07) is 5.93. The molecule has 1 aromatic carbocycles. The monoisotopic (exact) mass is 268 g/mol. The first-order valence-electron chi connectivity index (χ1n) is 4.78. The molecule has 1 unspecified atom stereocenters. The SMILES string of the molecule is COc1ccc2c(c1)nc(C(C)Br)n2C. The zero-order valence-corrected chi connectivity index (χ0v) is 10.6. The van der Waals surface area contributed by atoms with Crippen LogP contribution in [0.1, 0.15) is 17.6 Å². The second-order valence-corrected chi connectivity index (χ2v) is 4.87. The highest BCUT2D eigenvalue weighted by atomic mass is 79.9. The van der Waals surface area contributed by atoms with Crippen molar-refractivity contribution in [2.75, 3.05) is 7.11 Å². The van der Waals surface area contributed by atoms with Crippen LogP contribution in [0.25, 0.3) is 11.0 Å². The Balaban J connectivity index is 2.65. The van der Waals surface area contributed by atoms with Crippen molar-refractivity contribution in [2.45, 2.75) is 11.8 Å². The first-order chi connectivity index (χ1) is 7.13. The molecule has 15 heavy (non-hydrogen) atoms. The van der Waals surface area contributed by atoms with Gasteiger partial charge in [-0.3, -0.25) is 0 Å². The maximum Gasteiger partial charge on any atom is 0.123 e. The smallest absolute Gasteiger partial charge is 0.123 e. The summed E-state index contributed by atoms with van der Waals surface area (Å²) in [5.74, 6) is 1.87. The molecular weight excluding hydrogens is 256 g/mol. The summed E-state index contributed by atoms with van der Waals surface area (Å²) in [6.07, 6.45) is 0. The minimum Gasteiger partial charge on any atom is -0.497 e. The molecule has 0 fully saturated rings. The van der Waals surface area contributed by atoms with E-state index < -0.39 is 0 Å². The lowest BCUT2D eigenvalue weighted by molar-refractivity contribution is 0.415. The molecule has 0 bridgehead atoms. The lowest BCUT2D eigenvalue weighted by Gasteiger charge is -2.03. The van der Waals surface area contributed by atoms with Gasteiger partial charge >= 0.3 is 0 Å². The number of methoxy groups -OCH3 is 1. The van der Waals surface area contributed by atoms with Gasteiger partial charge in [0.2, 0.25) is 0 Å². The van der Waals surface area contributed by atoms with Crippen molar-refractivity contribution < 1.29 is 4.74 Å². The molecule has 0 N–H and O–H groups in total. The molecule has 1 heterocycles. The van der Waals surface area contributed by atoms with Gasteiger partial charge in [-0.1, -0.05) is 15.9 Å². The van der Waals surface area contributed by atoms with Gasteiger partial charge in [-0.05, 0) is 19.1 Å². The van der Waals surface area contributed by atoms with E-state index in [9.17, 15) is 0 Å². The molecule has 0 aliphatic rings. The summed E-state index contributed by atoms with van der Waals surface area (Å²) >= 11 is 3.53. The van der Waals surface area contributed by atoms with E-state index in [2.05, 4.69) is 32.4 Å². The van der Waals surface area contributed by atoms with E-state index in [1.165, 1.54) is 0 Å². The number of benzene rings is 1. The number of aromatic nitrogens is 2. The predicted molar refractivity (Wildman–Crippen MR) is 64.6 cm³/mol. The Bertz CT molecular complexity index is 491. The Labute approximate surface area is 97.2 Å². The lowest BCUT2D eigenvalue weighted by Crippen LogP contribution is -1.97. The van der Waals surface area contributed by atoms with Crippen molar-refractivity contribution in [1.29, 1.82) is 0 Å². The summed E-state index contributed by atoms with van der Waals surface area (Å²) in [5.41, 5.74) is 2.09. The van der Waals surface area contributed by atoms with Gasteiger partial charge in [0.05, 0.1) is 23.0 Å². The molecule has 0 spiro atoms. The Morgan fingerprint density at radius 3 is 2.80 bits per heavy atom. The molecule has 1 atom stereocenters. The molecule has 0 aliphatic heterocycles. The fourth-order valence-electron chi connectivity index (χ4n) is 1.68. The maximum atomic E-state index is 5.17. The van der Waals surface area contributed by atoms with E-state index >= 15 is 0 Å². The van der Waals surface area contributed by atoms with Crippen LogP contribution >= 0.6 is 15.9 Å². The van der Waals surface area contributed by atoms with Gasteiger partial charge in [0.15, 0.2) is 0 Å². The van der Waals surface area contributed by atoms with Crippen LogP contribution in [-0.2, 0) is 7.05 Å². The Hall–Kier alpha value is -1.03. The average molecular weight is 269 g/mol. The van der Waals surface area contributed by atoms with E-state index in [0.717, 1.165) is 22.6 Å². The summed E-state index contributed by atoms with van der Waals surface area (Å²) < 4.78 is 7.26. The van der Waals surface area contributed by atoms with Gasteiger partial charge in [-0.15, -0.1) is 0 Å². The number of fused-ring (bicyclic) bond motifs is 1. The fraction of sp³-hybridized carbons (Fsp3) is 0.364. The maximum absolute atomic E-state index is 5.17. The van der Waals surface area contributed by atoms with Crippen LogP contribution in [0.2, 0.25) is 0 Å². The molecule has 0 amide bonds. The van der Waals surface area contributed by atoms with Gasteiger partial charge in [-0.2, -0.15) is 0 Å². The number of halogens is 1. The minimum atomic E-state index is 0.251. The predicted octanol–water partition coefficient (Wildman–Crippen LogP) is 3.04. The number of hydrogen-bond acceptors (Lipinski definition) is 2. The number of ether oxygens (including phenoxy) is 1. The highest BCUT2D eigenvalue weighted by Crippen LogP contribution is 2.26. The average Bonchev–Trinajstić information content (AvgIpc) is 2.55. The van der Waals surface area contributed by atoms with Crippen LogP contribution in [0, 0.1) is 0 Å². The fourth-order valence-corrected chi connectivity index (χ4v) is 2.09. The van der Waals surface area contributed by atoms with Gasteiger partial charge in [0, 0.05) is 13.1 Å². The van der Waals surface area contributed by atoms with Crippen molar-refractivity contribution in [3.63, 3.8) is 0 Å². The zero-order valence-electron chi connectivity index (χ0n) is 8.99. The van der Waals surface area contributed by atoms with E-state index in [1.807, 2.05) is 25.2 Å². The number of alkyl halides is 1. The first kappa shape index (κ1) is 10.5. The van der Waals surface area contributed by atoms with E-state index in [1.54, 1.807) is 7.11 Å². The van der Waals surface area contributed by atoms with Crippen LogP contribution in [-0.4, -0.2) is 16.7 Å². The van der Waals surface area contributed by atoms with Gasteiger partial charge in [0.25, 0.3) is 0 Å². The number of imidazole rings is 1. The molecule has 0 aliphatic carbocycles. The third-order valence-electron chi connectivity index (χ3n) is 2.48. The molecule has 4 heteroatoms. The molecule has 1 aromatic heterocycles. The van der Waals surface area contributed by atoms with Crippen molar-refractivity contribution in [3.8, 4) is 5.75 Å². The largest absolute Gasteiger partial charge is 0.497 e. The normalized spacial score (nSPS) is 13.1. The highest BCUT2D eigenvalue weighted by molar-refractivity contribution is 9.09. The summed E-state index contributed by atoms with van der Waals surface area (Å²) in [5, 5.41) is 0. The number of nitrogens with zero attached hydrogens (tertiary/aromatic N) is 2.